The van der Waals surface area contributed by atoms with Crippen molar-refractivity contribution in [3.05, 3.63) is 39.1 Å². The maximum Gasteiger partial charge on any atom is 0.260 e. The molecule has 0 saturated heterocycles. The molecule has 2 aromatic heterocycles. The second kappa shape index (κ2) is 3.15. The minimum absolute atomic E-state index is 0.241. The van der Waals surface area contributed by atoms with Crippen LogP contribution in [-0.4, -0.2) is 15.0 Å². The third-order valence-corrected chi connectivity index (χ3v) is 3.04. The molecule has 80 valence electrons. The number of nitrogens with zero attached hydrogens (tertiary/aromatic N) is 1. The zero-order valence-corrected chi connectivity index (χ0v) is 9.43. The Morgan fingerprint density at radius 3 is 3.00 bits per heavy atom. The van der Waals surface area contributed by atoms with Crippen LogP contribution in [0.25, 0.3) is 21.9 Å². The molecule has 0 unspecified atom stereocenters. The van der Waals surface area contributed by atoms with E-state index in [1.165, 1.54) is 12.4 Å². The minimum atomic E-state index is -0.379. The molecule has 0 aliphatic heterocycles. The number of benzene rings is 1. The van der Waals surface area contributed by atoms with Crippen LogP contribution < -0.4 is 5.56 Å². The molecule has 0 amide bonds. The van der Waals surface area contributed by atoms with Crippen molar-refractivity contribution >= 4 is 37.9 Å². The highest BCUT2D eigenvalue weighted by Gasteiger charge is 2.11. The molecule has 0 aliphatic carbocycles. The summed E-state index contributed by atoms with van der Waals surface area (Å²) in [6.45, 7) is 0. The van der Waals surface area contributed by atoms with Gasteiger partial charge in [-0.2, -0.15) is 0 Å². The highest BCUT2D eigenvalue weighted by atomic mass is 79.9. The van der Waals surface area contributed by atoms with Gasteiger partial charge in [-0.1, -0.05) is 0 Å². The Kier molecular flexibility index (Phi) is 1.88. The fraction of sp³-hybridized carbons (Fsp3) is 0. The van der Waals surface area contributed by atoms with E-state index in [1.54, 1.807) is 6.07 Å². The SMILES string of the molecule is O=c1[nH]cnc2[nH]c3cc(F)c(Br)cc3c12. The average molecular weight is 282 g/mol. The lowest BCUT2D eigenvalue weighted by Gasteiger charge is -1.94. The van der Waals surface area contributed by atoms with Gasteiger partial charge in [0.25, 0.3) is 5.56 Å². The summed E-state index contributed by atoms with van der Waals surface area (Å²) < 4.78 is 13.6. The first-order chi connectivity index (χ1) is 7.66. The van der Waals surface area contributed by atoms with Crippen LogP contribution >= 0.6 is 15.9 Å². The third-order valence-electron chi connectivity index (χ3n) is 2.44. The summed E-state index contributed by atoms with van der Waals surface area (Å²) in [5, 5.41) is 1.09. The van der Waals surface area contributed by atoms with Gasteiger partial charge in [0.1, 0.15) is 11.5 Å². The average Bonchev–Trinajstić information content (AvgIpc) is 2.58. The first-order valence-electron chi connectivity index (χ1n) is 4.51. The number of aromatic amines is 2. The van der Waals surface area contributed by atoms with E-state index in [1.807, 2.05) is 0 Å². The molecule has 1 aromatic carbocycles. The van der Waals surface area contributed by atoms with Gasteiger partial charge in [-0.15, -0.1) is 0 Å². The molecule has 3 rings (SSSR count). The molecule has 0 bridgehead atoms. The van der Waals surface area contributed by atoms with Crippen molar-refractivity contribution in [1.29, 1.82) is 0 Å². The number of halogens is 2. The van der Waals surface area contributed by atoms with Crippen molar-refractivity contribution in [3.8, 4) is 0 Å². The van der Waals surface area contributed by atoms with Gasteiger partial charge in [-0.3, -0.25) is 4.79 Å². The zero-order chi connectivity index (χ0) is 11.3. The minimum Gasteiger partial charge on any atom is -0.339 e. The molecule has 16 heavy (non-hydrogen) atoms. The second-order valence-corrected chi connectivity index (χ2v) is 4.25. The molecule has 3 aromatic rings. The van der Waals surface area contributed by atoms with Crippen LogP contribution in [0.2, 0.25) is 0 Å². The van der Waals surface area contributed by atoms with E-state index in [2.05, 4.69) is 30.9 Å². The van der Waals surface area contributed by atoms with E-state index in [0.717, 1.165) is 0 Å². The van der Waals surface area contributed by atoms with E-state index in [4.69, 9.17) is 0 Å². The molecule has 0 atom stereocenters. The summed E-state index contributed by atoms with van der Waals surface area (Å²) in [6, 6.07) is 2.90. The van der Waals surface area contributed by atoms with Gasteiger partial charge >= 0.3 is 0 Å². The second-order valence-electron chi connectivity index (χ2n) is 3.39. The van der Waals surface area contributed by atoms with Crippen LogP contribution in [0.5, 0.6) is 0 Å². The summed E-state index contributed by atoms with van der Waals surface area (Å²) in [5.41, 5.74) is 0.769. The predicted molar refractivity (Wildman–Crippen MR) is 61.9 cm³/mol. The molecule has 0 radical (unpaired) electrons. The zero-order valence-electron chi connectivity index (χ0n) is 7.84. The van der Waals surface area contributed by atoms with E-state index >= 15 is 0 Å². The lowest BCUT2D eigenvalue weighted by Crippen LogP contribution is -2.04. The summed E-state index contributed by atoms with van der Waals surface area (Å²) in [7, 11) is 0. The molecule has 4 nitrogen and oxygen atoms in total. The van der Waals surface area contributed by atoms with Crippen LogP contribution in [0.15, 0.2) is 27.7 Å². The van der Waals surface area contributed by atoms with Crippen LogP contribution in [0.4, 0.5) is 4.39 Å². The fourth-order valence-electron chi connectivity index (χ4n) is 1.73. The molecular formula is C10H5BrFN3O. The first kappa shape index (κ1) is 9.53. The highest BCUT2D eigenvalue weighted by molar-refractivity contribution is 9.10. The van der Waals surface area contributed by atoms with Crippen LogP contribution in [0, 0.1) is 5.82 Å². The number of fused-ring (bicyclic) bond motifs is 3. The standard InChI is InChI=1S/C10H5BrFN3O/c11-5-1-4-7(2-6(5)12)15-9-8(4)10(16)14-3-13-9/h1-3H,(H2,13,14,15,16). The smallest absolute Gasteiger partial charge is 0.260 e. The maximum absolute atomic E-state index is 13.3. The lowest BCUT2D eigenvalue weighted by molar-refractivity contribution is 0.623. The highest BCUT2D eigenvalue weighted by Crippen LogP contribution is 2.26. The van der Waals surface area contributed by atoms with Gasteiger partial charge in [-0.25, -0.2) is 9.37 Å². The van der Waals surface area contributed by atoms with Gasteiger partial charge in [0.05, 0.1) is 21.7 Å². The van der Waals surface area contributed by atoms with Crippen molar-refractivity contribution in [2.24, 2.45) is 0 Å². The van der Waals surface area contributed by atoms with Crippen LogP contribution in [-0.2, 0) is 0 Å². The Balaban J connectivity index is 2.64. The summed E-state index contributed by atoms with van der Waals surface area (Å²) in [5.74, 6) is -0.379. The van der Waals surface area contributed by atoms with Gasteiger partial charge in [0, 0.05) is 5.39 Å². The molecule has 0 saturated carbocycles. The Morgan fingerprint density at radius 1 is 1.38 bits per heavy atom. The topological polar surface area (TPSA) is 61.5 Å². The monoisotopic (exact) mass is 281 g/mol. The summed E-state index contributed by atoms with van der Waals surface area (Å²) in [4.78, 5) is 21.0. The molecular weight excluding hydrogens is 277 g/mol. The molecule has 6 heteroatoms. The van der Waals surface area contributed by atoms with E-state index in [-0.39, 0.29) is 11.4 Å². The molecule has 0 aliphatic rings. The third kappa shape index (κ3) is 1.19. The molecule has 2 heterocycles. The Morgan fingerprint density at radius 2 is 2.19 bits per heavy atom. The van der Waals surface area contributed by atoms with Crippen molar-refractivity contribution in [2.75, 3.05) is 0 Å². The summed E-state index contributed by atoms with van der Waals surface area (Å²) in [6.07, 6.45) is 1.31. The van der Waals surface area contributed by atoms with E-state index in [9.17, 15) is 9.18 Å². The summed E-state index contributed by atoms with van der Waals surface area (Å²) >= 11 is 3.09. The normalized spacial score (nSPS) is 11.4. The largest absolute Gasteiger partial charge is 0.339 e. The first-order valence-corrected chi connectivity index (χ1v) is 5.30. The van der Waals surface area contributed by atoms with Gasteiger partial charge in [-0.05, 0) is 28.1 Å². The van der Waals surface area contributed by atoms with Crippen molar-refractivity contribution < 1.29 is 4.39 Å². The lowest BCUT2D eigenvalue weighted by atomic mass is 10.2. The number of H-pyrrole nitrogens is 2. The van der Waals surface area contributed by atoms with Crippen molar-refractivity contribution in [1.82, 2.24) is 15.0 Å². The Bertz CT molecular complexity index is 762. The predicted octanol–water partition coefficient (Wildman–Crippen LogP) is 2.31. The van der Waals surface area contributed by atoms with Gasteiger partial charge in [0.15, 0.2) is 0 Å². The van der Waals surface area contributed by atoms with Gasteiger partial charge in [0.2, 0.25) is 0 Å². The van der Waals surface area contributed by atoms with Gasteiger partial charge < -0.3 is 9.97 Å². The Hall–Kier alpha value is -1.69. The van der Waals surface area contributed by atoms with Crippen molar-refractivity contribution in [3.63, 3.8) is 0 Å². The van der Waals surface area contributed by atoms with Crippen LogP contribution in [0.1, 0.15) is 0 Å². The molecule has 0 spiro atoms. The number of rotatable bonds is 0. The number of nitrogens with one attached hydrogen (secondary N) is 2. The van der Waals surface area contributed by atoms with Crippen molar-refractivity contribution in [2.45, 2.75) is 0 Å². The number of hydrogen-bond acceptors (Lipinski definition) is 2. The molecule has 0 fully saturated rings. The van der Waals surface area contributed by atoms with Crippen LogP contribution in [0.3, 0.4) is 0 Å². The number of hydrogen-bond donors (Lipinski definition) is 2. The number of aromatic nitrogens is 3. The van der Waals surface area contributed by atoms with E-state index in [0.29, 0.717) is 26.4 Å². The Labute approximate surface area is 96.6 Å². The quantitative estimate of drug-likeness (QED) is 0.664. The molecule has 2 N–H and O–H groups in total. The fourth-order valence-corrected chi connectivity index (χ4v) is 2.07. The maximum atomic E-state index is 13.3. The van der Waals surface area contributed by atoms with E-state index < -0.39 is 0 Å².